The summed E-state index contributed by atoms with van der Waals surface area (Å²) in [6, 6.07) is 8.72. The SMILES string of the molecule is C[C@@H](Oc1ccc(Br)cc1Cl)C(=O)Nc1cccnc1. The van der Waals surface area contributed by atoms with Gasteiger partial charge in [0.2, 0.25) is 0 Å². The summed E-state index contributed by atoms with van der Waals surface area (Å²) in [7, 11) is 0. The van der Waals surface area contributed by atoms with Gasteiger partial charge in [-0.2, -0.15) is 0 Å². The van der Waals surface area contributed by atoms with E-state index in [1.807, 2.05) is 0 Å². The summed E-state index contributed by atoms with van der Waals surface area (Å²) in [4.78, 5) is 15.9. The smallest absolute Gasteiger partial charge is 0.265 e. The van der Waals surface area contributed by atoms with Crippen molar-refractivity contribution in [2.45, 2.75) is 13.0 Å². The Kier molecular flexibility index (Phi) is 4.98. The van der Waals surface area contributed by atoms with Crippen molar-refractivity contribution in [1.29, 1.82) is 0 Å². The Morgan fingerprint density at radius 2 is 2.25 bits per heavy atom. The molecule has 0 unspecified atom stereocenters. The lowest BCUT2D eigenvalue weighted by atomic mass is 10.3. The summed E-state index contributed by atoms with van der Waals surface area (Å²) < 4.78 is 6.40. The fourth-order valence-corrected chi connectivity index (χ4v) is 2.21. The van der Waals surface area contributed by atoms with Gasteiger partial charge >= 0.3 is 0 Å². The number of anilines is 1. The molecule has 4 nitrogen and oxygen atoms in total. The van der Waals surface area contributed by atoms with Crippen molar-refractivity contribution in [2.75, 3.05) is 5.32 Å². The molecule has 0 saturated carbocycles. The molecule has 0 spiro atoms. The molecule has 0 aliphatic carbocycles. The van der Waals surface area contributed by atoms with E-state index in [9.17, 15) is 4.79 Å². The number of hydrogen-bond acceptors (Lipinski definition) is 3. The lowest BCUT2D eigenvalue weighted by molar-refractivity contribution is -0.122. The zero-order valence-electron chi connectivity index (χ0n) is 10.6. The average Bonchev–Trinajstić information content (AvgIpc) is 2.43. The molecular formula is C14H12BrClN2O2. The van der Waals surface area contributed by atoms with Crippen LogP contribution in [0.2, 0.25) is 5.02 Å². The molecule has 0 aliphatic rings. The molecule has 0 fully saturated rings. The first-order valence-corrected chi connectivity index (χ1v) is 7.06. The van der Waals surface area contributed by atoms with Crippen molar-refractivity contribution in [2.24, 2.45) is 0 Å². The summed E-state index contributed by atoms with van der Waals surface area (Å²) in [5.74, 6) is 0.195. The summed E-state index contributed by atoms with van der Waals surface area (Å²) >= 11 is 9.35. The second-order valence-corrected chi connectivity index (χ2v) is 5.39. The van der Waals surface area contributed by atoms with Crippen LogP contribution in [0.5, 0.6) is 5.75 Å². The van der Waals surface area contributed by atoms with Crippen molar-refractivity contribution >= 4 is 39.1 Å². The summed E-state index contributed by atoms with van der Waals surface area (Å²) in [5.41, 5.74) is 0.620. The lowest BCUT2D eigenvalue weighted by Crippen LogP contribution is -2.30. The number of benzene rings is 1. The highest BCUT2D eigenvalue weighted by atomic mass is 79.9. The van der Waals surface area contributed by atoms with E-state index in [0.29, 0.717) is 16.5 Å². The summed E-state index contributed by atoms with van der Waals surface area (Å²) in [6.45, 7) is 1.66. The molecule has 104 valence electrons. The molecule has 2 rings (SSSR count). The zero-order valence-corrected chi connectivity index (χ0v) is 13.0. The van der Waals surface area contributed by atoms with E-state index < -0.39 is 6.10 Å². The minimum absolute atomic E-state index is 0.267. The first kappa shape index (κ1) is 14.8. The third kappa shape index (κ3) is 3.95. The number of carbonyl (C=O) groups is 1. The van der Waals surface area contributed by atoms with Gasteiger partial charge < -0.3 is 10.1 Å². The van der Waals surface area contributed by atoms with Crippen LogP contribution < -0.4 is 10.1 Å². The number of carbonyl (C=O) groups excluding carboxylic acids is 1. The maximum Gasteiger partial charge on any atom is 0.265 e. The van der Waals surface area contributed by atoms with Crippen LogP contribution in [-0.4, -0.2) is 17.0 Å². The number of nitrogens with one attached hydrogen (secondary N) is 1. The van der Waals surface area contributed by atoms with E-state index in [1.165, 1.54) is 0 Å². The Labute approximate surface area is 130 Å². The van der Waals surface area contributed by atoms with E-state index >= 15 is 0 Å². The molecule has 1 aromatic heterocycles. The minimum Gasteiger partial charge on any atom is -0.479 e. The van der Waals surface area contributed by atoms with Crippen molar-refractivity contribution in [3.8, 4) is 5.75 Å². The van der Waals surface area contributed by atoms with Crippen LogP contribution in [0.4, 0.5) is 5.69 Å². The molecule has 1 atom stereocenters. The molecule has 0 saturated heterocycles. The fraction of sp³-hybridized carbons (Fsp3) is 0.143. The normalized spacial score (nSPS) is 11.8. The second-order valence-electron chi connectivity index (χ2n) is 4.07. The molecule has 0 aliphatic heterocycles. The summed E-state index contributed by atoms with van der Waals surface area (Å²) in [5, 5.41) is 3.16. The standard InChI is InChI=1S/C14H12BrClN2O2/c1-9(14(19)18-11-3-2-6-17-8-11)20-13-5-4-10(15)7-12(13)16/h2-9H,1H3,(H,18,19)/t9-/m1/s1. The van der Waals surface area contributed by atoms with Crippen LogP contribution in [-0.2, 0) is 4.79 Å². The topological polar surface area (TPSA) is 51.2 Å². The van der Waals surface area contributed by atoms with Gasteiger partial charge in [0, 0.05) is 10.7 Å². The maximum atomic E-state index is 12.0. The number of amides is 1. The van der Waals surface area contributed by atoms with Gasteiger partial charge in [0.05, 0.1) is 16.9 Å². The van der Waals surface area contributed by atoms with Gasteiger partial charge in [-0.25, -0.2) is 0 Å². The van der Waals surface area contributed by atoms with Crippen LogP contribution >= 0.6 is 27.5 Å². The predicted octanol–water partition coefficient (Wildman–Crippen LogP) is 3.90. The van der Waals surface area contributed by atoms with Crippen molar-refractivity contribution in [3.05, 3.63) is 52.2 Å². The van der Waals surface area contributed by atoms with Crippen LogP contribution in [0.25, 0.3) is 0 Å². The Balaban J connectivity index is 2.00. The fourth-order valence-electron chi connectivity index (χ4n) is 1.50. The van der Waals surface area contributed by atoms with Gasteiger partial charge in [0.15, 0.2) is 6.10 Å². The van der Waals surface area contributed by atoms with Crippen molar-refractivity contribution in [3.63, 3.8) is 0 Å². The van der Waals surface area contributed by atoms with E-state index in [1.54, 1.807) is 49.6 Å². The van der Waals surface area contributed by atoms with Gasteiger partial charge in [0.25, 0.3) is 5.91 Å². The molecule has 0 radical (unpaired) electrons. The molecule has 0 bridgehead atoms. The number of ether oxygens (including phenoxy) is 1. The molecule has 20 heavy (non-hydrogen) atoms. The Morgan fingerprint density at radius 3 is 2.90 bits per heavy atom. The van der Waals surface area contributed by atoms with Crippen molar-refractivity contribution < 1.29 is 9.53 Å². The first-order chi connectivity index (χ1) is 9.56. The number of hydrogen-bond donors (Lipinski definition) is 1. The first-order valence-electron chi connectivity index (χ1n) is 5.89. The third-order valence-corrected chi connectivity index (χ3v) is 3.28. The molecule has 1 aromatic carbocycles. The molecule has 6 heteroatoms. The summed E-state index contributed by atoms with van der Waals surface area (Å²) in [6.07, 6.45) is 2.53. The molecule has 1 heterocycles. The van der Waals surface area contributed by atoms with Crippen molar-refractivity contribution in [1.82, 2.24) is 4.98 Å². The Hall–Kier alpha value is -1.59. The van der Waals surface area contributed by atoms with E-state index in [4.69, 9.17) is 16.3 Å². The second kappa shape index (κ2) is 6.72. The van der Waals surface area contributed by atoms with E-state index in [-0.39, 0.29) is 5.91 Å². The zero-order chi connectivity index (χ0) is 14.5. The number of nitrogens with zero attached hydrogens (tertiary/aromatic N) is 1. The highest BCUT2D eigenvalue weighted by molar-refractivity contribution is 9.10. The van der Waals surface area contributed by atoms with Gasteiger partial charge in [-0.1, -0.05) is 27.5 Å². The highest BCUT2D eigenvalue weighted by Gasteiger charge is 2.16. The minimum atomic E-state index is -0.672. The maximum absolute atomic E-state index is 12.0. The van der Waals surface area contributed by atoms with Crippen LogP contribution in [0.1, 0.15) is 6.92 Å². The van der Waals surface area contributed by atoms with Crippen LogP contribution in [0.3, 0.4) is 0 Å². The van der Waals surface area contributed by atoms with Gasteiger partial charge in [-0.15, -0.1) is 0 Å². The Morgan fingerprint density at radius 1 is 1.45 bits per heavy atom. The van der Waals surface area contributed by atoms with E-state index in [0.717, 1.165) is 4.47 Å². The lowest BCUT2D eigenvalue weighted by Gasteiger charge is -2.15. The number of halogens is 2. The number of pyridine rings is 1. The number of aromatic nitrogens is 1. The van der Waals surface area contributed by atoms with Crippen LogP contribution in [0, 0.1) is 0 Å². The number of rotatable bonds is 4. The monoisotopic (exact) mass is 354 g/mol. The predicted molar refractivity (Wildman–Crippen MR) is 82.1 cm³/mol. The molecular weight excluding hydrogens is 344 g/mol. The molecule has 1 N–H and O–H groups in total. The largest absolute Gasteiger partial charge is 0.479 e. The Bertz CT molecular complexity index is 607. The van der Waals surface area contributed by atoms with Gasteiger partial charge in [0.1, 0.15) is 5.75 Å². The average molecular weight is 356 g/mol. The quantitative estimate of drug-likeness (QED) is 0.905. The van der Waals surface area contributed by atoms with E-state index in [2.05, 4.69) is 26.2 Å². The third-order valence-electron chi connectivity index (χ3n) is 2.50. The van der Waals surface area contributed by atoms with Crippen LogP contribution in [0.15, 0.2) is 47.2 Å². The molecule has 1 amide bonds. The molecule has 2 aromatic rings. The highest BCUT2D eigenvalue weighted by Crippen LogP contribution is 2.28. The van der Waals surface area contributed by atoms with Gasteiger partial charge in [-0.3, -0.25) is 9.78 Å². The van der Waals surface area contributed by atoms with Gasteiger partial charge in [-0.05, 0) is 37.3 Å².